The predicted molar refractivity (Wildman–Crippen MR) is 90.1 cm³/mol. The average Bonchev–Trinajstić information content (AvgIpc) is 2.83. The van der Waals surface area contributed by atoms with Crippen molar-refractivity contribution >= 4 is 21.6 Å². The first-order valence-corrected chi connectivity index (χ1v) is 7.57. The Morgan fingerprint density at radius 2 is 1.81 bits per heavy atom. The van der Waals surface area contributed by atoms with E-state index in [0.29, 0.717) is 12.2 Å². The third-order valence-electron chi connectivity index (χ3n) is 3.48. The molecule has 2 aromatic carbocycles. The molecule has 0 unspecified atom stereocenters. The molecule has 0 radical (unpaired) electrons. The lowest BCUT2D eigenvalue weighted by Gasteiger charge is -2.05. The molecule has 3 aromatic rings. The van der Waals surface area contributed by atoms with E-state index in [0.717, 1.165) is 15.7 Å². The number of aromatic nitrogens is 2. The zero-order valence-electron chi connectivity index (χ0n) is 11.8. The van der Waals surface area contributed by atoms with Gasteiger partial charge in [-0.05, 0) is 24.1 Å². The molecule has 21 heavy (non-hydrogen) atoms. The summed E-state index contributed by atoms with van der Waals surface area (Å²) < 4.78 is 2.97. The Labute approximate surface area is 132 Å². The highest BCUT2D eigenvalue weighted by atomic mass is 79.9. The molecule has 0 fully saturated rings. The Bertz CT molecular complexity index is 777. The molecule has 2 N–H and O–H groups in total. The Morgan fingerprint density at radius 1 is 1.10 bits per heavy atom. The van der Waals surface area contributed by atoms with E-state index in [2.05, 4.69) is 46.2 Å². The number of benzene rings is 2. The highest BCUT2D eigenvalue weighted by molar-refractivity contribution is 9.10. The van der Waals surface area contributed by atoms with Crippen molar-refractivity contribution in [1.82, 2.24) is 9.78 Å². The Morgan fingerprint density at radius 3 is 2.57 bits per heavy atom. The lowest BCUT2D eigenvalue weighted by molar-refractivity contribution is 0.687. The van der Waals surface area contributed by atoms with Crippen LogP contribution in [0.25, 0.3) is 11.3 Å². The SMILES string of the molecule is Cc1ccccc1-c1nn(Cc2ccccc2Br)cc1N. The number of nitrogen functional groups attached to an aromatic ring is 1. The van der Waals surface area contributed by atoms with Crippen molar-refractivity contribution in [3.05, 3.63) is 70.3 Å². The van der Waals surface area contributed by atoms with Crippen molar-refractivity contribution < 1.29 is 0 Å². The van der Waals surface area contributed by atoms with Gasteiger partial charge in [0.15, 0.2) is 0 Å². The van der Waals surface area contributed by atoms with Crippen LogP contribution in [0.3, 0.4) is 0 Å². The number of halogens is 1. The number of nitrogens with zero attached hydrogens (tertiary/aromatic N) is 2. The van der Waals surface area contributed by atoms with Crippen LogP contribution in [0, 0.1) is 6.92 Å². The number of rotatable bonds is 3. The van der Waals surface area contributed by atoms with Crippen LogP contribution >= 0.6 is 15.9 Å². The van der Waals surface area contributed by atoms with Crippen molar-refractivity contribution in [2.75, 3.05) is 5.73 Å². The topological polar surface area (TPSA) is 43.8 Å². The van der Waals surface area contributed by atoms with Gasteiger partial charge in [-0.2, -0.15) is 5.10 Å². The minimum atomic E-state index is 0.692. The minimum absolute atomic E-state index is 0.692. The van der Waals surface area contributed by atoms with E-state index >= 15 is 0 Å². The Hall–Kier alpha value is -2.07. The fourth-order valence-corrected chi connectivity index (χ4v) is 2.78. The molecule has 3 rings (SSSR count). The molecule has 0 bridgehead atoms. The van der Waals surface area contributed by atoms with Gasteiger partial charge >= 0.3 is 0 Å². The van der Waals surface area contributed by atoms with Gasteiger partial charge in [0.05, 0.1) is 12.2 Å². The second-order valence-electron chi connectivity index (χ2n) is 5.04. The van der Waals surface area contributed by atoms with Crippen LogP contribution in [-0.2, 0) is 6.54 Å². The first-order valence-electron chi connectivity index (χ1n) is 6.77. The molecule has 0 aliphatic heterocycles. The number of anilines is 1. The third kappa shape index (κ3) is 2.85. The van der Waals surface area contributed by atoms with Crippen LogP contribution in [0.5, 0.6) is 0 Å². The Kier molecular flexibility index (Phi) is 3.80. The maximum absolute atomic E-state index is 6.14. The van der Waals surface area contributed by atoms with E-state index in [1.807, 2.05) is 41.2 Å². The molecule has 106 valence electrons. The van der Waals surface area contributed by atoms with Gasteiger partial charge in [0.2, 0.25) is 0 Å². The number of hydrogen-bond donors (Lipinski definition) is 1. The lowest BCUT2D eigenvalue weighted by Crippen LogP contribution is -2.01. The zero-order valence-corrected chi connectivity index (χ0v) is 13.3. The van der Waals surface area contributed by atoms with Gasteiger partial charge < -0.3 is 5.73 Å². The third-order valence-corrected chi connectivity index (χ3v) is 4.25. The second kappa shape index (κ2) is 5.74. The van der Waals surface area contributed by atoms with Gasteiger partial charge in [0.25, 0.3) is 0 Å². The van der Waals surface area contributed by atoms with Crippen LogP contribution in [0.15, 0.2) is 59.2 Å². The van der Waals surface area contributed by atoms with Gasteiger partial charge in [-0.1, -0.05) is 58.4 Å². The smallest absolute Gasteiger partial charge is 0.115 e. The maximum atomic E-state index is 6.14. The molecule has 0 spiro atoms. The summed E-state index contributed by atoms with van der Waals surface area (Å²) in [5, 5.41) is 4.65. The summed E-state index contributed by atoms with van der Waals surface area (Å²) in [4.78, 5) is 0. The first-order chi connectivity index (χ1) is 10.1. The summed E-state index contributed by atoms with van der Waals surface area (Å²) in [5.74, 6) is 0. The molecule has 0 saturated carbocycles. The molecule has 0 amide bonds. The maximum Gasteiger partial charge on any atom is 0.115 e. The Balaban J connectivity index is 1.96. The van der Waals surface area contributed by atoms with Gasteiger partial charge in [-0.25, -0.2) is 0 Å². The molecule has 0 saturated heterocycles. The highest BCUT2D eigenvalue weighted by Gasteiger charge is 2.11. The monoisotopic (exact) mass is 341 g/mol. The average molecular weight is 342 g/mol. The van der Waals surface area contributed by atoms with Gasteiger partial charge in [0.1, 0.15) is 5.69 Å². The molecular formula is C17H16BrN3. The van der Waals surface area contributed by atoms with Crippen molar-refractivity contribution in [1.29, 1.82) is 0 Å². The van der Waals surface area contributed by atoms with Crippen molar-refractivity contribution in [2.45, 2.75) is 13.5 Å². The fraction of sp³-hybridized carbons (Fsp3) is 0.118. The molecule has 0 aliphatic carbocycles. The summed E-state index contributed by atoms with van der Waals surface area (Å²) in [7, 11) is 0. The van der Waals surface area contributed by atoms with Gasteiger partial charge in [0, 0.05) is 16.2 Å². The zero-order chi connectivity index (χ0) is 14.8. The number of hydrogen-bond acceptors (Lipinski definition) is 2. The van der Waals surface area contributed by atoms with E-state index in [1.54, 1.807) is 0 Å². The molecule has 0 aliphatic rings. The molecule has 4 heteroatoms. The summed E-state index contributed by atoms with van der Waals surface area (Å²) in [6.07, 6.45) is 1.89. The van der Waals surface area contributed by atoms with Crippen LogP contribution in [0.1, 0.15) is 11.1 Å². The van der Waals surface area contributed by atoms with E-state index in [4.69, 9.17) is 5.73 Å². The molecule has 1 aromatic heterocycles. The largest absolute Gasteiger partial charge is 0.396 e. The van der Waals surface area contributed by atoms with Crippen LogP contribution in [-0.4, -0.2) is 9.78 Å². The molecule has 0 atom stereocenters. The van der Waals surface area contributed by atoms with E-state index in [-0.39, 0.29) is 0 Å². The van der Waals surface area contributed by atoms with Crippen molar-refractivity contribution in [2.24, 2.45) is 0 Å². The summed E-state index contributed by atoms with van der Waals surface area (Å²) in [5.41, 5.74) is 11.1. The minimum Gasteiger partial charge on any atom is -0.396 e. The van der Waals surface area contributed by atoms with Gasteiger partial charge in [-0.3, -0.25) is 4.68 Å². The summed E-state index contributed by atoms with van der Waals surface area (Å²) in [6, 6.07) is 16.3. The van der Waals surface area contributed by atoms with E-state index < -0.39 is 0 Å². The normalized spacial score (nSPS) is 10.8. The summed E-state index contributed by atoms with van der Waals surface area (Å²) >= 11 is 3.56. The van der Waals surface area contributed by atoms with Crippen molar-refractivity contribution in [3.8, 4) is 11.3 Å². The number of nitrogens with two attached hydrogens (primary N) is 1. The molecule has 1 heterocycles. The van der Waals surface area contributed by atoms with Crippen molar-refractivity contribution in [3.63, 3.8) is 0 Å². The fourth-order valence-electron chi connectivity index (χ4n) is 2.37. The lowest BCUT2D eigenvalue weighted by atomic mass is 10.1. The second-order valence-corrected chi connectivity index (χ2v) is 5.89. The quantitative estimate of drug-likeness (QED) is 0.773. The molecular weight excluding hydrogens is 326 g/mol. The highest BCUT2D eigenvalue weighted by Crippen LogP contribution is 2.27. The summed E-state index contributed by atoms with van der Waals surface area (Å²) in [6.45, 7) is 2.76. The predicted octanol–water partition coefficient (Wildman–Crippen LogP) is 4.25. The van der Waals surface area contributed by atoms with Crippen LogP contribution in [0.2, 0.25) is 0 Å². The standard InChI is InChI=1S/C17H16BrN3/c1-12-6-2-4-8-14(12)17-16(19)11-21(20-17)10-13-7-3-5-9-15(13)18/h2-9,11H,10,19H2,1H3. The van der Waals surface area contributed by atoms with Gasteiger partial charge in [-0.15, -0.1) is 0 Å². The van der Waals surface area contributed by atoms with E-state index in [1.165, 1.54) is 11.1 Å². The number of aryl methyl sites for hydroxylation is 1. The molecule has 3 nitrogen and oxygen atoms in total. The van der Waals surface area contributed by atoms with Crippen LogP contribution in [0.4, 0.5) is 5.69 Å². The van der Waals surface area contributed by atoms with E-state index in [9.17, 15) is 0 Å². The first kappa shape index (κ1) is 13.9. The van der Waals surface area contributed by atoms with Crippen LogP contribution < -0.4 is 5.73 Å².